The van der Waals surface area contributed by atoms with Crippen LogP contribution in [0, 0.1) is 0 Å². The lowest BCUT2D eigenvalue weighted by Gasteiger charge is -2.20. The molecular formula is C42H42O8. The third-order valence-corrected chi connectivity index (χ3v) is 9.05. The van der Waals surface area contributed by atoms with E-state index >= 15 is 0 Å². The molecule has 0 saturated heterocycles. The van der Waals surface area contributed by atoms with Crippen molar-refractivity contribution >= 4 is 0 Å². The van der Waals surface area contributed by atoms with E-state index in [1.807, 2.05) is 97.1 Å². The third-order valence-electron chi connectivity index (χ3n) is 9.05. The summed E-state index contributed by atoms with van der Waals surface area (Å²) in [5.74, 6) is 3.27. The van der Waals surface area contributed by atoms with Crippen LogP contribution in [0.5, 0.6) is 34.5 Å². The fourth-order valence-corrected chi connectivity index (χ4v) is 6.60. The standard InChI is InChI=1S/C42H42O8/c43-39-29-7-3-9-31(39)27-35-13-6-14-36-28-32-10-4-8-30(40(32)44)26-34-12-5-11-33(25-29)41(34)49-23-19-45-17-21-47-37-15-1-2-16-38(37)48-22-18-46-20-24-50-42(35)36/h1-16,43-44H,17-28H2. The molecule has 8 nitrogen and oxygen atoms in total. The Hall–Kier alpha value is -5.18. The van der Waals surface area contributed by atoms with Crippen molar-refractivity contribution in [2.45, 2.75) is 25.7 Å². The normalized spacial score (nSPS) is 15.7. The molecule has 0 aromatic heterocycles. The van der Waals surface area contributed by atoms with Gasteiger partial charge in [0.15, 0.2) is 11.5 Å². The highest BCUT2D eigenvalue weighted by atomic mass is 16.6. The minimum Gasteiger partial charge on any atom is -0.507 e. The van der Waals surface area contributed by atoms with E-state index in [1.54, 1.807) is 0 Å². The molecule has 0 fully saturated rings. The van der Waals surface area contributed by atoms with Crippen LogP contribution in [0.1, 0.15) is 44.5 Å². The Morgan fingerprint density at radius 3 is 0.960 bits per heavy atom. The molecule has 5 aromatic rings. The highest BCUT2D eigenvalue weighted by molar-refractivity contribution is 5.55. The number of phenolic OH excluding ortho intramolecular Hbond substituents is 2. The van der Waals surface area contributed by atoms with Crippen molar-refractivity contribution in [3.8, 4) is 34.5 Å². The molecule has 8 rings (SSSR count). The maximum Gasteiger partial charge on any atom is 0.161 e. The number of fused-ring (bicyclic) bond motifs is 12. The van der Waals surface area contributed by atoms with Crippen molar-refractivity contribution in [2.24, 2.45) is 0 Å². The maximum atomic E-state index is 11.6. The van der Waals surface area contributed by atoms with E-state index in [9.17, 15) is 10.2 Å². The molecule has 0 saturated carbocycles. The minimum atomic E-state index is 0.258. The third kappa shape index (κ3) is 7.83. The summed E-state index contributed by atoms with van der Waals surface area (Å²) in [6.07, 6.45) is 1.86. The van der Waals surface area contributed by atoms with Crippen LogP contribution in [0.3, 0.4) is 0 Å². The second kappa shape index (κ2) is 16.0. The zero-order chi connectivity index (χ0) is 34.1. The molecule has 2 N–H and O–H groups in total. The molecule has 8 heteroatoms. The molecule has 0 spiro atoms. The van der Waals surface area contributed by atoms with Gasteiger partial charge >= 0.3 is 0 Å². The first-order valence-electron chi connectivity index (χ1n) is 17.2. The number of benzene rings is 5. The quantitative estimate of drug-likeness (QED) is 0.166. The summed E-state index contributed by atoms with van der Waals surface area (Å²) in [7, 11) is 0. The highest BCUT2D eigenvalue weighted by Crippen LogP contribution is 2.38. The molecule has 2 aliphatic heterocycles. The van der Waals surface area contributed by atoms with Crippen LogP contribution in [0.4, 0.5) is 0 Å². The minimum absolute atomic E-state index is 0.258. The lowest BCUT2D eigenvalue weighted by Crippen LogP contribution is -2.14. The average molecular weight is 675 g/mol. The summed E-state index contributed by atoms with van der Waals surface area (Å²) >= 11 is 0. The lowest BCUT2D eigenvalue weighted by atomic mass is 9.91. The molecular weight excluding hydrogens is 632 g/mol. The Morgan fingerprint density at radius 1 is 0.320 bits per heavy atom. The summed E-state index contributed by atoms with van der Waals surface area (Å²) in [6, 6.07) is 31.5. The second-order valence-electron chi connectivity index (χ2n) is 12.4. The van der Waals surface area contributed by atoms with Crippen LogP contribution in [0.25, 0.3) is 0 Å². The van der Waals surface area contributed by atoms with Gasteiger partial charge in [-0.1, -0.05) is 84.9 Å². The number of phenols is 2. The van der Waals surface area contributed by atoms with Gasteiger partial charge in [0.2, 0.25) is 0 Å². The van der Waals surface area contributed by atoms with Crippen LogP contribution in [0.2, 0.25) is 0 Å². The molecule has 5 aromatic carbocycles. The van der Waals surface area contributed by atoms with E-state index < -0.39 is 0 Å². The molecule has 3 aliphatic rings. The fourth-order valence-electron chi connectivity index (χ4n) is 6.60. The summed E-state index contributed by atoms with van der Waals surface area (Å²) in [5.41, 5.74) is 6.96. The van der Waals surface area contributed by atoms with Gasteiger partial charge in [-0.25, -0.2) is 0 Å². The van der Waals surface area contributed by atoms with Gasteiger partial charge in [0, 0.05) is 25.7 Å². The largest absolute Gasteiger partial charge is 0.507 e. The summed E-state index contributed by atoms with van der Waals surface area (Å²) in [6.45, 7) is 2.81. The first-order chi connectivity index (χ1) is 24.6. The molecule has 0 radical (unpaired) electrons. The first-order valence-corrected chi connectivity index (χ1v) is 17.2. The van der Waals surface area contributed by atoms with Crippen molar-refractivity contribution in [1.29, 1.82) is 0 Å². The number of rotatable bonds is 0. The van der Waals surface area contributed by atoms with Crippen molar-refractivity contribution < 1.29 is 38.6 Å². The number of para-hydroxylation sites is 6. The van der Waals surface area contributed by atoms with Gasteiger partial charge in [-0.2, -0.15) is 0 Å². The van der Waals surface area contributed by atoms with Crippen molar-refractivity contribution in [2.75, 3.05) is 52.9 Å². The maximum absolute atomic E-state index is 11.6. The van der Waals surface area contributed by atoms with E-state index in [1.165, 1.54) is 0 Å². The van der Waals surface area contributed by atoms with E-state index in [0.29, 0.717) is 90.0 Å². The van der Waals surface area contributed by atoms with Gasteiger partial charge in [0.25, 0.3) is 0 Å². The van der Waals surface area contributed by atoms with Gasteiger partial charge in [0.05, 0.1) is 26.4 Å². The number of hydrogen-bond acceptors (Lipinski definition) is 8. The predicted molar refractivity (Wildman–Crippen MR) is 190 cm³/mol. The Morgan fingerprint density at radius 2 is 0.620 bits per heavy atom. The monoisotopic (exact) mass is 674 g/mol. The first kappa shape index (κ1) is 33.3. The zero-order valence-corrected chi connectivity index (χ0v) is 28.1. The number of ether oxygens (including phenoxy) is 6. The van der Waals surface area contributed by atoms with Crippen molar-refractivity contribution in [3.63, 3.8) is 0 Å². The molecule has 0 atom stereocenters. The van der Waals surface area contributed by atoms with Crippen LogP contribution < -0.4 is 18.9 Å². The smallest absolute Gasteiger partial charge is 0.161 e. The molecule has 0 amide bonds. The number of hydrogen-bond donors (Lipinski definition) is 2. The predicted octanol–water partition coefficient (Wildman–Crippen LogP) is 7.04. The Labute approximate surface area is 292 Å². The second-order valence-corrected chi connectivity index (χ2v) is 12.4. The van der Waals surface area contributed by atoms with Gasteiger partial charge in [-0.3, -0.25) is 0 Å². The fraction of sp³-hybridized carbons (Fsp3) is 0.286. The highest BCUT2D eigenvalue weighted by Gasteiger charge is 2.20. The SMILES string of the molecule is Oc1c2cccc1Cc1cccc3c1OCCOCCOc1ccccc1OCCOCCOc1c(cccc1Cc1cccc(c1O)C3)C2. The topological polar surface area (TPSA) is 95.8 Å². The lowest BCUT2D eigenvalue weighted by molar-refractivity contribution is 0.0695. The zero-order valence-electron chi connectivity index (χ0n) is 28.1. The average Bonchev–Trinajstić information content (AvgIpc) is 3.12. The van der Waals surface area contributed by atoms with Crippen molar-refractivity contribution in [1.82, 2.24) is 0 Å². The molecule has 50 heavy (non-hydrogen) atoms. The van der Waals surface area contributed by atoms with E-state index in [-0.39, 0.29) is 11.5 Å². The van der Waals surface area contributed by atoms with Crippen molar-refractivity contribution in [3.05, 3.63) is 142 Å². The van der Waals surface area contributed by atoms with Crippen LogP contribution >= 0.6 is 0 Å². The van der Waals surface area contributed by atoms with Crippen LogP contribution in [-0.4, -0.2) is 63.1 Å². The van der Waals surface area contributed by atoms with Gasteiger partial charge in [-0.15, -0.1) is 0 Å². The molecule has 1 aliphatic carbocycles. The summed E-state index contributed by atoms with van der Waals surface area (Å²) in [4.78, 5) is 0. The van der Waals surface area contributed by atoms with Gasteiger partial charge in [-0.05, 0) is 56.6 Å². The van der Waals surface area contributed by atoms with Gasteiger partial charge in [0.1, 0.15) is 49.4 Å². The summed E-state index contributed by atoms with van der Waals surface area (Å²) in [5, 5.41) is 23.3. The Balaban J connectivity index is 1.27. The molecule has 258 valence electrons. The Bertz CT molecular complexity index is 1700. The molecule has 10 bridgehead atoms. The molecule has 2 heterocycles. The molecule has 0 unspecified atom stereocenters. The van der Waals surface area contributed by atoms with Crippen LogP contribution in [0.15, 0.2) is 97.1 Å². The van der Waals surface area contributed by atoms with E-state index in [0.717, 1.165) is 56.0 Å². The van der Waals surface area contributed by atoms with Crippen LogP contribution in [-0.2, 0) is 35.2 Å². The van der Waals surface area contributed by atoms with E-state index in [2.05, 4.69) is 0 Å². The Kier molecular flexibility index (Phi) is 10.7. The van der Waals surface area contributed by atoms with E-state index in [4.69, 9.17) is 28.4 Å². The van der Waals surface area contributed by atoms with Gasteiger partial charge < -0.3 is 38.6 Å². The summed E-state index contributed by atoms with van der Waals surface area (Å²) < 4.78 is 36.7. The number of aromatic hydroxyl groups is 2.